The largest absolute Gasteiger partial charge is 0.456 e. The second kappa shape index (κ2) is 7.70. The molecular weight excluding hydrogens is 317 g/mol. The van der Waals surface area contributed by atoms with E-state index >= 15 is 0 Å². The van der Waals surface area contributed by atoms with E-state index in [0.717, 1.165) is 18.7 Å². The summed E-state index contributed by atoms with van der Waals surface area (Å²) in [5, 5.41) is 2.85. The molecule has 0 aliphatic heterocycles. The summed E-state index contributed by atoms with van der Waals surface area (Å²) in [5.41, 5.74) is 0. The van der Waals surface area contributed by atoms with Crippen molar-refractivity contribution in [1.82, 2.24) is 5.32 Å². The summed E-state index contributed by atoms with van der Waals surface area (Å²) < 4.78 is 6.45. The summed E-state index contributed by atoms with van der Waals surface area (Å²) >= 11 is 2.39. The van der Waals surface area contributed by atoms with Crippen LogP contribution in [0.4, 0.5) is 0 Å². The maximum Gasteiger partial charge on any atom is 0.286 e. The molecule has 1 aromatic rings. The monoisotopic (exact) mass is 335 g/mol. The molecule has 90 valence electrons. The Morgan fingerprint density at radius 2 is 2.06 bits per heavy atom. The van der Waals surface area contributed by atoms with Crippen molar-refractivity contribution in [2.24, 2.45) is 0 Å². The summed E-state index contributed by atoms with van der Waals surface area (Å²) in [6.45, 7) is 2.57. The van der Waals surface area contributed by atoms with Crippen LogP contribution in [0.1, 0.15) is 42.0 Å². The van der Waals surface area contributed by atoms with Gasteiger partial charge in [-0.2, -0.15) is 0 Å². The predicted octanol–water partition coefficient (Wildman–Crippen LogP) is 3.31. The van der Waals surface area contributed by atoms with E-state index in [1.165, 1.54) is 23.7 Å². The summed E-state index contributed by atoms with van der Waals surface area (Å²) in [7, 11) is 0. The summed E-state index contributed by atoms with van der Waals surface area (Å²) in [6, 6.07) is 3.51. The average molecular weight is 335 g/mol. The van der Waals surface area contributed by atoms with Crippen molar-refractivity contribution >= 4 is 28.5 Å². The molecule has 0 aromatic carbocycles. The molecule has 16 heavy (non-hydrogen) atoms. The van der Waals surface area contributed by atoms with Gasteiger partial charge in [-0.05, 0) is 36.3 Å². The van der Waals surface area contributed by atoms with E-state index in [4.69, 9.17) is 4.42 Å². The van der Waals surface area contributed by atoms with Crippen molar-refractivity contribution in [2.45, 2.75) is 32.6 Å². The van der Waals surface area contributed by atoms with Crippen LogP contribution in [0, 0.1) is 6.92 Å². The summed E-state index contributed by atoms with van der Waals surface area (Å²) in [6.07, 6.45) is 4.74. The van der Waals surface area contributed by atoms with Gasteiger partial charge in [-0.15, -0.1) is 0 Å². The van der Waals surface area contributed by atoms with Gasteiger partial charge in [0.25, 0.3) is 5.91 Å². The number of rotatable bonds is 7. The molecule has 0 bridgehead atoms. The minimum atomic E-state index is -0.109. The Bertz CT molecular complexity index is 323. The van der Waals surface area contributed by atoms with Gasteiger partial charge in [0.05, 0.1) is 0 Å². The lowest BCUT2D eigenvalue weighted by molar-refractivity contribution is 0.0924. The zero-order valence-corrected chi connectivity index (χ0v) is 11.7. The second-order valence-corrected chi connectivity index (χ2v) is 4.85. The van der Waals surface area contributed by atoms with E-state index in [1.54, 1.807) is 12.1 Å². The standard InChI is InChI=1S/C12H18INO2/c1-10-6-7-11(16-10)12(15)14-9-5-3-2-4-8-13/h6-7H,2-5,8-9H2,1H3,(H,14,15). The van der Waals surface area contributed by atoms with Crippen LogP contribution in [0.25, 0.3) is 0 Å². The molecule has 0 saturated heterocycles. The lowest BCUT2D eigenvalue weighted by Gasteiger charge is -2.02. The van der Waals surface area contributed by atoms with Crippen LogP contribution in [0.3, 0.4) is 0 Å². The topological polar surface area (TPSA) is 42.2 Å². The number of hydrogen-bond acceptors (Lipinski definition) is 2. The molecule has 4 heteroatoms. The van der Waals surface area contributed by atoms with E-state index in [-0.39, 0.29) is 5.91 Å². The van der Waals surface area contributed by atoms with Crippen molar-refractivity contribution in [3.8, 4) is 0 Å². The van der Waals surface area contributed by atoms with Gasteiger partial charge >= 0.3 is 0 Å². The summed E-state index contributed by atoms with van der Waals surface area (Å²) in [4.78, 5) is 11.5. The fourth-order valence-corrected chi connectivity index (χ4v) is 1.96. The number of carbonyl (C=O) groups is 1. The van der Waals surface area contributed by atoms with Crippen LogP contribution in [0.2, 0.25) is 0 Å². The van der Waals surface area contributed by atoms with Crippen LogP contribution in [0.5, 0.6) is 0 Å². The number of halogens is 1. The molecule has 1 heterocycles. The number of hydrogen-bond donors (Lipinski definition) is 1. The third-order valence-electron chi connectivity index (χ3n) is 2.31. The van der Waals surface area contributed by atoms with Crippen LogP contribution in [-0.4, -0.2) is 16.9 Å². The van der Waals surface area contributed by atoms with Crippen molar-refractivity contribution < 1.29 is 9.21 Å². The van der Waals surface area contributed by atoms with Gasteiger partial charge in [0.15, 0.2) is 5.76 Å². The first-order valence-electron chi connectivity index (χ1n) is 5.64. The first-order chi connectivity index (χ1) is 7.74. The number of nitrogens with one attached hydrogen (secondary N) is 1. The van der Waals surface area contributed by atoms with Crippen molar-refractivity contribution in [2.75, 3.05) is 11.0 Å². The quantitative estimate of drug-likeness (QED) is 0.472. The number of aryl methyl sites for hydroxylation is 1. The predicted molar refractivity (Wildman–Crippen MR) is 73.1 cm³/mol. The van der Waals surface area contributed by atoms with Gasteiger partial charge < -0.3 is 9.73 Å². The Hall–Kier alpha value is -0.520. The van der Waals surface area contributed by atoms with E-state index in [9.17, 15) is 4.79 Å². The number of alkyl halides is 1. The Morgan fingerprint density at radius 1 is 1.31 bits per heavy atom. The highest BCUT2D eigenvalue weighted by atomic mass is 127. The highest BCUT2D eigenvalue weighted by Gasteiger charge is 2.08. The van der Waals surface area contributed by atoms with Crippen molar-refractivity contribution in [1.29, 1.82) is 0 Å². The van der Waals surface area contributed by atoms with Crippen LogP contribution >= 0.6 is 22.6 Å². The number of unbranched alkanes of at least 4 members (excludes halogenated alkanes) is 3. The molecule has 1 amide bonds. The third kappa shape index (κ3) is 5.01. The number of carbonyl (C=O) groups excluding carboxylic acids is 1. The number of furan rings is 1. The highest BCUT2D eigenvalue weighted by molar-refractivity contribution is 14.1. The molecule has 0 fully saturated rings. The van der Waals surface area contributed by atoms with Crippen LogP contribution in [-0.2, 0) is 0 Å². The molecule has 0 unspecified atom stereocenters. The molecule has 1 rings (SSSR count). The first kappa shape index (κ1) is 13.5. The number of amides is 1. The fourth-order valence-electron chi connectivity index (χ4n) is 1.42. The first-order valence-corrected chi connectivity index (χ1v) is 7.17. The highest BCUT2D eigenvalue weighted by Crippen LogP contribution is 2.06. The van der Waals surface area contributed by atoms with E-state index < -0.39 is 0 Å². The molecule has 0 spiro atoms. The van der Waals surface area contributed by atoms with Crippen molar-refractivity contribution in [3.05, 3.63) is 23.7 Å². The molecule has 0 aliphatic carbocycles. The molecule has 1 N–H and O–H groups in total. The van der Waals surface area contributed by atoms with E-state index in [0.29, 0.717) is 5.76 Å². The smallest absolute Gasteiger partial charge is 0.286 e. The van der Waals surface area contributed by atoms with Crippen LogP contribution in [0.15, 0.2) is 16.5 Å². The van der Waals surface area contributed by atoms with Crippen LogP contribution < -0.4 is 5.32 Å². The second-order valence-electron chi connectivity index (χ2n) is 3.77. The van der Waals surface area contributed by atoms with Gasteiger partial charge in [-0.25, -0.2) is 0 Å². The van der Waals surface area contributed by atoms with Gasteiger partial charge in [0.1, 0.15) is 5.76 Å². The molecule has 3 nitrogen and oxygen atoms in total. The third-order valence-corrected chi connectivity index (χ3v) is 3.07. The Labute approximate surface area is 110 Å². The normalized spacial score (nSPS) is 10.4. The van der Waals surface area contributed by atoms with Gasteiger partial charge in [-0.3, -0.25) is 4.79 Å². The van der Waals surface area contributed by atoms with Crippen molar-refractivity contribution in [3.63, 3.8) is 0 Å². The minimum Gasteiger partial charge on any atom is -0.456 e. The van der Waals surface area contributed by atoms with Gasteiger partial charge in [0.2, 0.25) is 0 Å². The molecular formula is C12H18INO2. The van der Waals surface area contributed by atoms with Gasteiger partial charge in [0, 0.05) is 6.54 Å². The average Bonchev–Trinajstić information content (AvgIpc) is 2.70. The Morgan fingerprint density at radius 3 is 2.69 bits per heavy atom. The zero-order chi connectivity index (χ0) is 11.8. The molecule has 1 aromatic heterocycles. The van der Waals surface area contributed by atoms with Gasteiger partial charge in [-0.1, -0.05) is 35.4 Å². The molecule has 0 radical (unpaired) electrons. The molecule has 0 aliphatic rings. The van der Waals surface area contributed by atoms with E-state index in [2.05, 4.69) is 27.9 Å². The zero-order valence-electron chi connectivity index (χ0n) is 9.59. The maximum atomic E-state index is 11.5. The molecule has 0 saturated carbocycles. The Kier molecular flexibility index (Phi) is 6.52. The lowest BCUT2D eigenvalue weighted by atomic mass is 10.2. The lowest BCUT2D eigenvalue weighted by Crippen LogP contribution is -2.23. The van der Waals surface area contributed by atoms with E-state index in [1.807, 2.05) is 6.92 Å². The molecule has 0 atom stereocenters. The fraction of sp³-hybridized carbons (Fsp3) is 0.583. The minimum absolute atomic E-state index is 0.109. The SMILES string of the molecule is Cc1ccc(C(=O)NCCCCCCI)o1. The summed E-state index contributed by atoms with van der Waals surface area (Å²) in [5.74, 6) is 1.07. The maximum absolute atomic E-state index is 11.5. The Balaban J connectivity index is 2.11.